The molecule has 0 aromatic heterocycles. The molecule has 1 aliphatic carbocycles. The van der Waals surface area contributed by atoms with Crippen LogP contribution in [0.2, 0.25) is 0 Å². The molecule has 0 radical (unpaired) electrons. The third-order valence-corrected chi connectivity index (χ3v) is 7.01. The molecule has 0 unspecified atom stereocenters. The third-order valence-electron chi connectivity index (χ3n) is 7.01. The lowest BCUT2D eigenvalue weighted by molar-refractivity contribution is 0.150. The molecule has 0 spiro atoms. The van der Waals surface area contributed by atoms with Gasteiger partial charge in [-0.3, -0.25) is 0 Å². The van der Waals surface area contributed by atoms with E-state index in [0.717, 1.165) is 17.4 Å². The molecule has 3 heteroatoms. The largest absolute Gasteiger partial charge is 0.447 e. The van der Waals surface area contributed by atoms with Crippen molar-refractivity contribution in [1.82, 2.24) is 5.32 Å². The summed E-state index contributed by atoms with van der Waals surface area (Å²) in [4.78, 5) is 11.5. The number of rotatable bonds is 3. The molecule has 1 saturated carbocycles. The lowest BCUT2D eigenvalue weighted by Crippen LogP contribution is -2.37. The van der Waals surface area contributed by atoms with E-state index in [1.807, 2.05) is 6.92 Å². The highest BCUT2D eigenvalue weighted by Gasteiger charge is 2.36. The molecule has 3 nitrogen and oxygen atoms in total. The Morgan fingerprint density at radius 3 is 2.36 bits per heavy atom. The van der Waals surface area contributed by atoms with Gasteiger partial charge in [0.15, 0.2) is 0 Å². The van der Waals surface area contributed by atoms with Crippen molar-refractivity contribution in [2.24, 2.45) is 17.3 Å². The van der Waals surface area contributed by atoms with Gasteiger partial charge in [0.25, 0.3) is 0 Å². The van der Waals surface area contributed by atoms with E-state index in [0.29, 0.717) is 12.0 Å². The van der Waals surface area contributed by atoms with E-state index in [1.54, 1.807) is 0 Å². The van der Waals surface area contributed by atoms with Crippen LogP contribution < -0.4 is 5.32 Å². The van der Waals surface area contributed by atoms with Crippen molar-refractivity contribution in [3.63, 3.8) is 0 Å². The number of fused-ring (bicyclic) bond motifs is 1. The van der Waals surface area contributed by atoms with Crippen LogP contribution in [0, 0.1) is 17.3 Å². The number of nitrogens with one attached hydrogen (secondary N) is 1. The van der Waals surface area contributed by atoms with Crippen LogP contribution >= 0.6 is 0 Å². The van der Waals surface area contributed by atoms with Crippen molar-refractivity contribution >= 4 is 16.9 Å². The lowest BCUT2D eigenvalue weighted by atomic mass is 9.69. The molecule has 0 bridgehead atoms. The molecular weight excluding hydrogens is 346 g/mol. The molecule has 2 aliphatic rings. The summed E-state index contributed by atoms with van der Waals surface area (Å²) in [6.45, 7) is 9.56. The predicted octanol–water partition coefficient (Wildman–Crippen LogP) is 6.19. The Kier molecular flexibility index (Phi) is 4.89. The highest BCUT2D eigenvalue weighted by molar-refractivity contribution is 5.84. The molecule has 4 rings (SSSR count). The molecule has 1 N–H and O–H groups in total. The van der Waals surface area contributed by atoms with Gasteiger partial charge < -0.3 is 10.1 Å². The smallest absolute Gasteiger partial charge is 0.408 e. The van der Waals surface area contributed by atoms with Crippen LogP contribution in [0.15, 0.2) is 36.4 Å². The lowest BCUT2D eigenvalue weighted by Gasteiger charge is -2.37. The van der Waals surface area contributed by atoms with E-state index >= 15 is 0 Å². The van der Waals surface area contributed by atoms with Crippen molar-refractivity contribution in [1.29, 1.82) is 0 Å². The first-order valence-electron chi connectivity index (χ1n) is 10.7. The first-order valence-corrected chi connectivity index (χ1v) is 10.7. The molecule has 28 heavy (non-hydrogen) atoms. The predicted molar refractivity (Wildman–Crippen MR) is 114 cm³/mol. The maximum absolute atomic E-state index is 11.5. The van der Waals surface area contributed by atoms with E-state index in [2.05, 4.69) is 62.5 Å². The zero-order chi connectivity index (χ0) is 19.9. The number of benzene rings is 2. The van der Waals surface area contributed by atoms with Crippen LogP contribution in [0.1, 0.15) is 64.5 Å². The van der Waals surface area contributed by atoms with Crippen molar-refractivity contribution in [2.45, 2.75) is 65.3 Å². The molecular formula is C25H33NO2. The Labute approximate surface area is 168 Å². The monoisotopic (exact) mass is 379 g/mol. The summed E-state index contributed by atoms with van der Waals surface area (Å²) >= 11 is 0. The van der Waals surface area contributed by atoms with Gasteiger partial charge in [-0.1, -0.05) is 51.1 Å². The molecule has 1 heterocycles. The summed E-state index contributed by atoms with van der Waals surface area (Å²) in [6.07, 6.45) is 6.32. The van der Waals surface area contributed by atoms with Gasteiger partial charge in [-0.05, 0) is 84.2 Å². The molecule has 1 amide bonds. The average Bonchev–Trinajstić information content (AvgIpc) is 3.01. The standard InChI is InChI=1S/C25H33NO2/c1-24(2,3)21-10-6-17(7-11-21)13-18-5-8-20-15-22(12-9-19(20)14-18)25(4)16-28-23(27)26-25/h5,8-9,12,14-15,17,21H,6-7,10-11,13,16H2,1-4H3,(H,26,27)/t17?,21?,25-/m0/s1. The summed E-state index contributed by atoms with van der Waals surface area (Å²) in [5, 5.41) is 5.43. The minimum absolute atomic E-state index is 0.334. The zero-order valence-electron chi connectivity index (χ0n) is 17.7. The Bertz CT molecular complexity index is 874. The fourth-order valence-corrected chi connectivity index (χ4v) is 4.99. The maximum Gasteiger partial charge on any atom is 0.408 e. The van der Waals surface area contributed by atoms with Gasteiger partial charge >= 0.3 is 6.09 Å². The number of hydrogen-bond acceptors (Lipinski definition) is 2. The fourth-order valence-electron chi connectivity index (χ4n) is 4.99. The SMILES string of the molecule is CC(C)(C)C1CCC(Cc2ccc3cc([C@]4(C)COC(=O)N4)ccc3c2)CC1. The first-order chi connectivity index (χ1) is 13.2. The van der Waals surface area contributed by atoms with Gasteiger partial charge in [-0.15, -0.1) is 0 Å². The van der Waals surface area contributed by atoms with E-state index in [9.17, 15) is 4.79 Å². The second-order valence-corrected chi connectivity index (χ2v) is 10.2. The highest BCUT2D eigenvalue weighted by atomic mass is 16.6. The minimum atomic E-state index is -0.435. The van der Waals surface area contributed by atoms with E-state index in [4.69, 9.17) is 4.74 Å². The average molecular weight is 380 g/mol. The molecule has 2 aromatic carbocycles. The van der Waals surface area contributed by atoms with Crippen LogP contribution in [0.4, 0.5) is 4.79 Å². The van der Waals surface area contributed by atoms with Gasteiger partial charge in [0.1, 0.15) is 6.61 Å². The summed E-state index contributed by atoms with van der Waals surface area (Å²) in [6, 6.07) is 13.4. The highest BCUT2D eigenvalue weighted by Crippen LogP contribution is 2.40. The minimum Gasteiger partial charge on any atom is -0.447 e. The van der Waals surface area contributed by atoms with Crippen LogP contribution in [0.25, 0.3) is 10.8 Å². The van der Waals surface area contributed by atoms with Crippen LogP contribution in [-0.4, -0.2) is 12.7 Å². The number of hydrogen-bond donors (Lipinski definition) is 1. The number of amides is 1. The molecule has 2 aromatic rings. The molecule has 2 fully saturated rings. The van der Waals surface area contributed by atoms with Gasteiger partial charge in [0.2, 0.25) is 0 Å². The normalized spacial score (nSPS) is 28.2. The van der Waals surface area contributed by atoms with Crippen molar-refractivity contribution in [3.05, 3.63) is 47.5 Å². The zero-order valence-corrected chi connectivity index (χ0v) is 17.7. The van der Waals surface area contributed by atoms with Crippen molar-refractivity contribution in [2.75, 3.05) is 6.61 Å². The third kappa shape index (κ3) is 3.90. The summed E-state index contributed by atoms with van der Waals surface area (Å²) in [7, 11) is 0. The molecule has 1 aliphatic heterocycles. The second kappa shape index (κ2) is 7.09. The molecule has 150 valence electrons. The Hall–Kier alpha value is -2.03. The van der Waals surface area contributed by atoms with E-state index in [-0.39, 0.29) is 6.09 Å². The van der Waals surface area contributed by atoms with Gasteiger partial charge in [0.05, 0.1) is 5.54 Å². The van der Waals surface area contributed by atoms with Gasteiger partial charge in [0, 0.05) is 0 Å². The topological polar surface area (TPSA) is 38.3 Å². The second-order valence-electron chi connectivity index (χ2n) is 10.2. The molecule has 1 atom stereocenters. The Morgan fingerprint density at radius 1 is 1.04 bits per heavy atom. The maximum atomic E-state index is 11.5. The number of alkyl carbamates (subject to hydrolysis) is 1. The summed E-state index contributed by atoms with van der Waals surface area (Å²) in [5.74, 6) is 1.69. The van der Waals surface area contributed by atoms with Crippen molar-refractivity contribution in [3.8, 4) is 0 Å². The number of cyclic esters (lactones) is 1. The van der Waals surface area contributed by atoms with E-state index < -0.39 is 5.54 Å². The molecule has 1 saturated heterocycles. The number of carbonyl (C=O) groups excluding carboxylic acids is 1. The summed E-state index contributed by atoms with van der Waals surface area (Å²) in [5.41, 5.74) is 2.56. The number of ether oxygens (including phenoxy) is 1. The first kappa shape index (κ1) is 19.3. The number of carbonyl (C=O) groups is 1. The summed E-state index contributed by atoms with van der Waals surface area (Å²) < 4.78 is 5.12. The van der Waals surface area contributed by atoms with Crippen molar-refractivity contribution < 1.29 is 9.53 Å². The quantitative estimate of drug-likeness (QED) is 0.690. The fraction of sp³-hybridized carbons (Fsp3) is 0.560. The van der Waals surface area contributed by atoms with Crippen LogP contribution in [0.5, 0.6) is 0 Å². The van der Waals surface area contributed by atoms with Crippen LogP contribution in [0.3, 0.4) is 0 Å². The van der Waals surface area contributed by atoms with Gasteiger partial charge in [-0.25, -0.2) is 4.79 Å². The van der Waals surface area contributed by atoms with E-state index in [1.165, 1.54) is 48.4 Å². The van der Waals surface area contributed by atoms with Crippen LogP contribution in [-0.2, 0) is 16.7 Å². The Morgan fingerprint density at radius 2 is 1.71 bits per heavy atom. The van der Waals surface area contributed by atoms with Gasteiger partial charge in [-0.2, -0.15) is 0 Å². The Balaban J connectivity index is 1.46.